The number of rotatable bonds is 6. The second-order valence-corrected chi connectivity index (χ2v) is 10.1. The number of carbonyl (C=O) groups is 1. The largest absolute Gasteiger partial charge is 0.422 e. The lowest BCUT2D eigenvalue weighted by Crippen LogP contribution is -2.21. The Hall–Kier alpha value is -3.08. The summed E-state index contributed by atoms with van der Waals surface area (Å²) in [4.78, 5) is 29.9. The molecule has 2 heterocycles. The zero-order valence-electron chi connectivity index (χ0n) is 17.4. The van der Waals surface area contributed by atoms with Gasteiger partial charge in [-0.1, -0.05) is 29.5 Å². The van der Waals surface area contributed by atoms with Crippen molar-refractivity contribution in [2.75, 3.05) is 19.5 Å². The fourth-order valence-corrected chi connectivity index (χ4v) is 5.06. The maximum absolute atomic E-state index is 12.9. The summed E-state index contributed by atoms with van der Waals surface area (Å²) in [6.45, 7) is 3.20. The number of fused-ring (bicyclic) bond motifs is 2. The van der Waals surface area contributed by atoms with Crippen molar-refractivity contribution in [3.05, 3.63) is 69.3 Å². The van der Waals surface area contributed by atoms with Crippen molar-refractivity contribution in [2.24, 2.45) is 4.99 Å². The van der Waals surface area contributed by atoms with Gasteiger partial charge in [-0.15, -0.1) is 0 Å². The van der Waals surface area contributed by atoms with E-state index in [-0.39, 0.29) is 10.5 Å². The van der Waals surface area contributed by atoms with Crippen LogP contribution in [0.3, 0.4) is 0 Å². The molecule has 8 nitrogen and oxygen atoms in total. The Morgan fingerprint density at radius 1 is 1.19 bits per heavy atom. The Morgan fingerprint density at radius 2 is 1.97 bits per heavy atom. The van der Waals surface area contributed by atoms with Gasteiger partial charge in [0.15, 0.2) is 14.6 Å². The molecule has 0 saturated heterocycles. The van der Waals surface area contributed by atoms with Gasteiger partial charge in [0, 0.05) is 24.8 Å². The third-order valence-corrected chi connectivity index (χ3v) is 6.97. The highest BCUT2D eigenvalue weighted by atomic mass is 32.2. The number of hydrogen-bond donors (Lipinski definition) is 0. The standard InChI is InChI=1S/C22H20N2O6S2/c1-3-29-11-10-24-17-9-8-15(32(2,27)28)13-19(17)31-22(24)23-20(25)16-12-14-6-4-5-7-18(14)30-21(16)26/h4-9,12-13H,3,10-11H2,1-2H3. The molecule has 0 spiro atoms. The minimum atomic E-state index is -3.39. The topological polar surface area (TPSA) is 108 Å². The molecule has 1 amide bonds. The fourth-order valence-electron chi connectivity index (χ4n) is 3.24. The van der Waals surface area contributed by atoms with Gasteiger partial charge in [-0.2, -0.15) is 4.99 Å². The van der Waals surface area contributed by atoms with Crippen molar-refractivity contribution >= 4 is 48.3 Å². The van der Waals surface area contributed by atoms with Crippen molar-refractivity contribution < 1.29 is 22.4 Å². The van der Waals surface area contributed by atoms with Gasteiger partial charge >= 0.3 is 5.63 Å². The minimum absolute atomic E-state index is 0.172. The molecule has 4 aromatic rings. The van der Waals surface area contributed by atoms with Gasteiger partial charge in [-0.3, -0.25) is 4.79 Å². The van der Waals surface area contributed by atoms with Gasteiger partial charge < -0.3 is 13.7 Å². The zero-order valence-corrected chi connectivity index (χ0v) is 19.0. The van der Waals surface area contributed by atoms with E-state index in [9.17, 15) is 18.0 Å². The van der Waals surface area contributed by atoms with Crippen LogP contribution in [0.1, 0.15) is 17.3 Å². The quantitative estimate of drug-likeness (QED) is 0.315. The normalized spacial score (nSPS) is 12.6. The molecular weight excluding hydrogens is 452 g/mol. The van der Waals surface area contributed by atoms with Crippen LogP contribution in [-0.4, -0.2) is 38.4 Å². The molecule has 0 bridgehead atoms. The van der Waals surface area contributed by atoms with E-state index in [0.717, 1.165) is 11.8 Å². The Balaban J connectivity index is 1.86. The lowest BCUT2D eigenvalue weighted by atomic mass is 10.2. The molecule has 0 N–H and O–H groups in total. The van der Waals surface area contributed by atoms with Crippen molar-refractivity contribution in [3.63, 3.8) is 0 Å². The minimum Gasteiger partial charge on any atom is -0.422 e. The highest BCUT2D eigenvalue weighted by Gasteiger charge is 2.16. The van der Waals surface area contributed by atoms with Crippen LogP contribution in [0.25, 0.3) is 21.2 Å². The van der Waals surface area contributed by atoms with Crippen molar-refractivity contribution in [3.8, 4) is 0 Å². The first-order valence-corrected chi connectivity index (χ1v) is 12.5. The number of para-hydroxylation sites is 1. The molecule has 32 heavy (non-hydrogen) atoms. The molecule has 0 saturated carbocycles. The summed E-state index contributed by atoms with van der Waals surface area (Å²) >= 11 is 1.17. The van der Waals surface area contributed by atoms with Crippen LogP contribution in [0, 0.1) is 0 Å². The number of aromatic nitrogens is 1. The number of carbonyl (C=O) groups excluding carboxylic acids is 1. The summed E-state index contributed by atoms with van der Waals surface area (Å²) in [5, 5.41) is 0.615. The van der Waals surface area contributed by atoms with E-state index in [4.69, 9.17) is 9.15 Å². The summed E-state index contributed by atoms with van der Waals surface area (Å²) in [5.74, 6) is -0.732. The number of sulfone groups is 1. The summed E-state index contributed by atoms with van der Waals surface area (Å²) in [5.41, 5.74) is 0.170. The Labute approximate surface area is 187 Å². The Kier molecular flexibility index (Phi) is 6.09. The van der Waals surface area contributed by atoms with Crippen LogP contribution in [0.15, 0.2) is 67.6 Å². The van der Waals surface area contributed by atoms with Crippen LogP contribution in [0.2, 0.25) is 0 Å². The van der Waals surface area contributed by atoms with E-state index in [0.29, 0.717) is 40.2 Å². The average Bonchev–Trinajstić information content (AvgIpc) is 3.09. The molecule has 2 aromatic carbocycles. The average molecular weight is 473 g/mol. The van der Waals surface area contributed by atoms with Crippen molar-refractivity contribution in [1.82, 2.24) is 4.57 Å². The maximum atomic E-state index is 12.9. The molecular formula is C22H20N2O6S2. The van der Waals surface area contributed by atoms with E-state index in [1.165, 1.54) is 23.5 Å². The van der Waals surface area contributed by atoms with Gasteiger partial charge in [0.1, 0.15) is 11.1 Å². The number of ether oxygens (including phenoxy) is 1. The predicted molar refractivity (Wildman–Crippen MR) is 122 cm³/mol. The summed E-state index contributed by atoms with van der Waals surface area (Å²) in [6, 6.07) is 13.1. The van der Waals surface area contributed by atoms with Gasteiger partial charge in [-0.25, -0.2) is 13.2 Å². The molecule has 10 heteroatoms. The second-order valence-electron chi connectivity index (χ2n) is 7.04. The highest BCUT2D eigenvalue weighted by molar-refractivity contribution is 7.90. The molecule has 0 fully saturated rings. The Morgan fingerprint density at radius 3 is 2.72 bits per heavy atom. The molecule has 0 aliphatic rings. The van der Waals surface area contributed by atoms with Crippen LogP contribution in [0.4, 0.5) is 0 Å². The van der Waals surface area contributed by atoms with E-state index < -0.39 is 21.4 Å². The van der Waals surface area contributed by atoms with E-state index in [1.54, 1.807) is 41.0 Å². The lowest BCUT2D eigenvalue weighted by molar-refractivity contribution is 0.0993. The first-order chi connectivity index (χ1) is 15.3. The highest BCUT2D eigenvalue weighted by Crippen LogP contribution is 2.22. The molecule has 4 rings (SSSR count). The lowest BCUT2D eigenvalue weighted by Gasteiger charge is -2.06. The number of benzene rings is 2. The van der Waals surface area contributed by atoms with Gasteiger partial charge in [0.25, 0.3) is 5.91 Å². The summed E-state index contributed by atoms with van der Waals surface area (Å²) in [6.07, 6.45) is 1.14. The van der Waals surface area contributed by atoms with Crippen LogP contribution in [-0.2, 0) is 21.1 Å². The molecule has 0 aliphatic heterocycles. The number of nitrogens with zero attached hydrogens (tertiary/aromatic N) is 2. The van der Waals surface area contributed by atoms with Crippen LogP contribution in [0.5, 0.6) is 0 Å². The second kappa shape index (κ2) is 8.81. The first-order valence-electron chi connectivity index (χ1n) is 9.81. The molecule has 0 radical (unpaired) electrons. The zero-order chi connectivity index (χ0) is 22.9. The fraction of sp³-hybridized carbons (Fsp3) is 0.227. The van der Waals surface area contributed by atoms with E-state index in [2.05, 4.69) is 4.99 Å². The smallest absolute Gasteiger partial charge is 0.349 e. The SMILES string of the molecule is CCOCCn1c(=NC(=O)c2cc3ccccc3oc2=O)sc2cc(S(C)(=O)=O)ccc21. The van der Waals surface area contributed by atoms with Gasteiger partial charge in [0.2, 0.25) is 0 Å². The maximum Gasteiger partial charge on any atom is 0.349 e. The monoisotopic (exact) mass is 472 g/mol. The van der Waals surface area contributed by atoms with E-state index in [1.807, 2.05) is 6.92 Å². The van der Waals surface area contributed by atoms with Gasteiger partial charge in [0.05, 0.1) is 21.7 Å². The first kappa shape index (κ1) is 22.1. The van der Waals surface area contributed by atoms with Crippen LogP contribution >= 0.6 is 11.3 Å². The molecule has 0 aliphatic carbocycles. The number of thiazole rings is 1. The van der Waals surface area contributed by atoms with Crippen LogP contribution < -0.4 is 10.4 Å². The summed E-state index contributed by atoms with van der Waals surface area (Å²) in [7, 11) is -3.39. The molecule has 0 atom stereocenters. The number of hydrogen-bond acceptors (Lipinski definition) is 7. The molecule has 166 valence electrons. The number of amides is 1. The molecule has 0 unspecified atom stereocenters. The molecule has 2 aromatic heterocycles. The van der Waals surface area contributed by atoms with Crippen molar-refractivity contribution in [2.45, 2.75) is 18.4 Å². The third-order valence-electron chi connectivity index (χ3n) is 4.81. The van der Waals surface area contributed by atoms with Crippen molar-refractivity contribution in [1.29, 1.82) is 0 Å². The van der Waals surface area contributed by atoms with Gasteiger partial charge in [-0.05, 0) is 37.3 Å². The third kappa shape index (κ3) is 4.43. The summed E-state index contributed by atoms with van der Waals surface area (Å²) < 4.78 is 37.0. The van der Waals surface area contributed by atoms with E-state index >= 15 is 0 Å². The Bertz CT molecular complexity index is 1560. The predicted octanol–water partition coefficient (Wildman–Crippen LogP) is 2.99.